The second kappa shape index (κ2) is 8.64. The number of hydrogen-bond acceptors (Lipinski definition) is 4. The van der Waals surface area contributed by atoms with Gasteiger partial charge in [-0.3, -0.25) is 4.79 Å². The van der Waals surface area contributed by atoms with E-state index in [0.717, 1.165) is 24.3 Å². The van der Waals surface area contributed by atoms with E-state index in [0.29, 0.717) is 32.2 Å². The van der Waals surface area contributed by atoms with Crippen LogP contribution < -0.4 is 15.4 Å². The van der Waals surface area contributed by atoms with Crippen LogP contribution in [-0.2, 0) is 16.1 Å². The summed E-state index contributed by atoms with van der Waals surface area (Å²) < 4.78 is 10.4. The Balaban J connectivity index is 1.68. The third-order valence-corrected chi connectivity index (χ3v) is 3.56. The minimum absolute atomic E-state index is 0.106. The third kappa shape index (κ3) is 5.73. The number of carbonyl (C=O) groups is 1. The van der Waals surface area contributed by atoms with Crippen molar-refractivity contribution in [2.24, 2.45) is 0 Å². The molecule has 1 aliphatic rings. The molecule has 0 aromatic heterocycles. The van der Waals surface area contributed by atoms with Gasteiger partial charge in [0.2, 0.25) is 5.91 Å². The number of nitrogens with one attached hydrogen (secondary N) is 2. The van der Waals surface area contributed by atoms with Crippen LogP contribution in [0, 0.1) is 0 Å². The van der Waals surface area contributed by atoms with Crippen molar-refractivity contribution in [3.63, 3.8) is 0 Å². The predicted molar refractivity (Wildman–Crippen MR) is 81.3 cm³/mol. The van der Waals surface area contributed by atoms with Crippen molar-refractivity contribution in [1.29, 1.82) is 0 Å². The van der Waals surface area contributed by atoms with Gasteiger partial charge >= 0.3 is 0 Å². The van der Waals surface area contributed by atoms with Gasteiger partial charge in [0.15, 0.2) is 0 Å². The highest BCUT2D eigenvalue weighted by atomic mass is 16.5. The van der Waals surface area contributed by atoms with Crippen molar-refractivity contribution in [3.8, 4) is 5.75 Å². The number of rotatable bonds is 8. The van der Waals surface area contributed by atoms with Crippen molar-refractivity contribution in [2.45, 2.75) is 31.8 Å². The van der Waals surface area contributed by atoms with E-state index in [9.17, 15) is 4.79 Å². The number of amides is 1. The molecule has 2 N–H and O–H groups in total. The summed E-state index contributed by atoms with van der Waals surface area (Å²) in [5, 5.41) is 6.29. The van der Waals surface area contributed by atoms with Crippen molar-refractivity contribution in [1.82, 2.24) is 10.6 Å². The third-order valence-electron chi connectivity index (χ3n) is 3.56. The van der Waals surface area contributed by atoms with Gasteiger partial charge in [-0.15, -0.1) is 0 Å². The Bertz CT molecular complexity index is 428. The highest BCUT2D eigenvalue weighted by molar-refractivity contribution is 5.76. The fraction of sp³-hybridized carbons (Fsp3) is 0.562. The van der Waals surface area contributed by atoms with Gasteiger partial charge in [-0.2, -0.15) is 0 Å². The molecule has 0 spiro atoms. The van der Waals surface area contributed by atoms with Crippen LogP contribution in [0.4, 0.5) is 0 Å². The lowest BCUT2D eigenvalue weighted by atomic mass is 10.1. The molecule has 116 valence electrons. The minimum atomic E-state index is 0.106. The van der Waals surface area contributed by atoms with Crippen molar-refractivity contribution in [3.05, 3.63) is 29.8 Å². The topological polar surface area (TPSA) is 59.6 Å². The van der Waals surface area contributed by atoms with E-state index in [1.165, 1.54) is 6.42 Å². The van der Waals surface area contributed by atoms with E-state index in [-0.39, 0.29) is 5.91 Å². The van der Waals surface area contributed by atoms with Gasteiger partial charge in [0, 0.05) is 26.1 Å². The Hall–Kier alpha value is -1.59. The molecular formula is C16H24N2O3. The molecule has 1 aromatic carbocycles. The average molecular weight is 292 g/mol. The molecule has 0 saturated carbocycles. The fourth-order valence-electron chi connectivity index (χ4n) is 2.37. The molecule has 1 aromatic rings. The zero-order valence-electron chi connectivity index (χ0n) is 12.6. The highest BCUT2D eigenvalue weighted by Gasteiger charge is 2.17. The first kappa shape index (κ1) is 15.8. The van der Waals surface area contributed by atoms with E-state index in [1.54, 1.807) is 7.11 Å². The van der Waals surface area contributed by atoms with E-state index in [1.807, 2.05) is 24.3 Å². The van der Waals surface area contributed by atoms with Crippen LogP contribution in [0.5, 0.6) is 5.75 Å². The quantitative estimate of drug-likeness (QED) is 0.712. The summed E-state index contributed by atoms with van der Waals surface area (Å²) in [4.78, 5) is 11.8. The van der Waals surface area contributed by atoms with Crippen LogP contribution in [0.25, 0.3) is 0 Å². The number of ether oxygens (including phenoxy) is 2. The molecule has 2 rings (SSSR count). The molecule has 1 saturated heterocycles. The van der Waals surface area contributed by atoms with Crippen LogP contribution in [0.2, 0.25) is 0 Å². The number of methoxy groups -OCH3 is 1. The van der Waals surface area contributed by atoms with Crippen LogP contribution in [0.3, 0.4) is 0 Å². The van der Waals surface area contributed by atoms with Gasteiger partial charge in [-0.05, 0) is 37.1 Å². The maximum Gasteiger partial charge on any atom is 0.221 e. The Labute approximate surface area is 126 Å². The average Bonchev–Trinajstić information content (AvgIpc) is 2.99. The number of benzene rings is 1. The molecule has 5 heteroatoms. The maximum absolute atomic E-state index is 11.8. The smallest absolute Gasteiger partial charge is 0.221 e. The zero-order valence-corrected chi connectivity index (χ0v) is 12.6. The molecular weight excluding hydrogens is 268 g/mol. The second-order valence-electron chi connectivity index (χ2n) is 5.26. The summed E-state index contributed by atoms with van der Waals surface area (Å²) in [7, 11) is 1.65. The first-order valence-corrected chi connectivity index (χ1v) is 7.48. The van der Waals surface area contributed by atoms with Gasteiger partial charge in [-0.1, -0.05) is 12.1 Å². The molecule has 1 atom stereocenters. The normalized spacial score (nSPS) is 17.7. The summed E-state index contributed by atoms with van der Waals surface area (Å²) in [6, 6.07) is 8.11. The Morgan fingerprint density at radius 2 is 2.14 bits per heavy atom. The maximum atomic E-state index is 11.8. The zero-order chi connectivity index (χ0) is 14.9. The molecule has 1 aliphatic heterocycles. The van der Waals surface area contributed by atoms with Crippen molar-refractivity contribution < 1.29 is 14.3 Å². The summed E-state index contributed by atoms with van der Waals surface area (Å²) in [6.45, 7) is 2.71. The highest BCUT2D eigenvalue weighted by Crippen LogP contribution is 2.12. The fourth-order valence-corrected chi connectivity index (χ4v) is 2.37. The van der Waals surface area contributed by atoms with Gasteiger partial charge in [0.05, 0.1) is 6.61 Å². The molecule has 5 nitrogen and oxygen atoms in total. The van der Waals surface area contributed by atoms with Crippen LogP contribution in [0.1, 0.15) is 24.8 Å². The summed E-state index contributed by atoms with van der Waals surface area (Å²) in [5.74, 6) is 0.923. The van der Waals surface area contributed by atoms with Crippen molar-refractivity contribution in [2.75, 3.05) is 26.9 Å². The molecule has 1 unspecified atom stereocenters. The largest absolute Gasteiger partial charge is 0.491 e. The molecule has 1 heterocycles. The molecule has 0 aliphatic carbocycles. The number of hydrogen-bond donors (Lipinski definition) is 2. The first-order valence-electron chi connectivity index (χ1n) is 7.48. The molecule has 1 fully saturated rings. The van der Waals surface area contributed by atoms with E-state index in [4.69, 9.17) is 9.47 Å². The SMILES string of the molecule is COCCOc1ccc(CNC(=O)CC2CCCN2)cc1. The minimum Gasteiger partial charge on any atom is -0.491 e. The van der Waals surface area contributed by atoms with E-state index >= 15 is 0 Å². The lowest BCUT2D eigenvalue weighted by Gasteiger charge is -2.11. The first-order chi connectivity index (χ1) is 10.3. The molecule has 0 radical (unpaired) electrons. The van der Waals surface area contributed by atoms with Crippen LogP contribution in [-0.4, -0.2) is 38.8 Å². The van der Waals surface area contributed by atoms with Crippen LogP contribution in [0.15, 0.2) is 24.3 Å². The molecule has 21 heavy (non-hydrogen) atoms. The van der Waals surface area contributed by atoms with Crippen molar-refractivity contribution >= 4 is 5.91 Å². The second-order valence-corrected chi connectivity index (χ2v) is 5.26. The lowest BCUT2D eigenvalue weighted by molar-refractivity contribution is -0.121. The summed E-state index contributed by atoms with van der Waals surface area (Å²) in [5.41, 5.74) is 1.07. The Kier molecular flexibility index (Phi) is 6.50. The Morgan fingerprint density at radius 1 is 1.33 bits per heavy atom. The summed E-state index contributed by atoms with van der Waals surface area (Å²) in [6.07, 6.45) is 2.83. The van der Waals surface area contributed by atoms with Gasteiger partial charge in [0.1, 0.15) is 12.4 Å². The molecule has 1 amide bonds. The monoisotopic (exact) mass is 292 g/mol. The number of carbonyl (C=O) groups excluding carboxylic acids is 1. The lowest BCUT2D eigenvalue weighted by Crippen LogP contribution is -2.31. The van der Waals surface area contributed by atoms with Gasteiger partial charge in [0.25, 0.3) is 0 Å². The van der Waals surface area contributed by atoms with Gasteiger partial charge < -0.3 is 20.1 Å². The Morgan fingerprint density at radius 3 is 2.81 bits per heavy atom. The van der Waals surface area contributed by atoms with Crippen LogP contribution >= 0.6 is 0 Å². The molecule has 0 bridgehead atoms. The van der Waals surface area contributed by atoms with E-state index in [2.05, 4.69) is 10.6 Å². The standard InChI is InChI=1S/C16H24N2O3/c1-20-9-10-21-15-6-4-13(5-7-15)12-18-16(19)11-14-3-2-8-17-14/h4-7,14,17H,2-3,8-12H2,1H3,(H,18,19). The van der Waals surface area contributed by atoms with Gasteiger partial charge in [-0.25, -0.2) is 0 Å². The summed E-state index contributed by atoms with van der Waals surface area (Å²) >= 11 is 0. The van der Waals surface area contributed by atoms with E-state index < -0.39 is 0 Å². The predicted octanol–water partition coefficient (Wildman–Crippen LogP) is 1.47.